The Bertz CT molecular complexity index is 719. The molecule has 0 radical (unpaired) electrons. The van der Waals surface area contributed by atoms with Crippen molar-refractivity contribution in [3.8, 4) is 5.75 Å². The average molecular weight is 369 g/mol. The zero-order valence-electron chi connectivity index (χ0n) is 15.8. The Morgan fingerprint density at radius 2 is 1.81 bits per heavy atom. The van der Waals surface area contributed by atoms with Crippen molar-refractivity contribution in [3.05, 3.63) is 35.9 Å². The van der Waals surface area contributed by atoms with Crippen molar-refractivity contribution in [2.75, 3.05) is 13.7 Å². The number of nitrogens with one attached hydrogen (secondary N) is 1. The van der Waals surface area contributed by atoms with Crippen LogP contribution in [0.15, 0.2) is 30.3 Å². The lowest BCUT2D eigenvalue weighted by Crippen LogP contribution is -2.60. The van der Waals surface area contributed by atoms with E-state index in [1.807, 2.05) is 24.3 Å². The van der Waals surface area contributed by atoms with Gasteiger partial charge in [0.1, 0.15) is 5.75 Å². The highest BCUT2D eigenvalue weighted by molar-refractivity contribution is 5.89. The molecule has 5 rings (SSSR count). The molecule has 5 heteroatoms. The predicted molar refractivity (Wildman–Crippen MR) is 102 cm³/mol. The van der Waals surface area contributed by atoms with Gasteiger partial charge in [0, 0.05) is 11.6 Å². The van der Waals surface area contributed by atoms with Crippen LogP contribution in [0.4, 0.5) is 0 Å². The highest BCUT2D eigenvalue weighted by Crippen LogP contribution is 2.55. The number of methoxy groups -OCH3 is 1. The Kier molecular flexibility index (Phi) is 4.94. The molecule has 4 saturated carbocycles. The summed E-state index contributed by atoms with van der Waals surface area (Å²) in [5, 5.41) is 3.21. The van der Waals surface area contributed by atoms with E-state index < -0.39 is 5.97 Å². The standard InChI is InChI=1S/C22H27NO4/c1-26-19-4-2-3-15(10-19)5-6-21(25)27-14-20(24)23-22-11-16-7-17(12-22)9-18(8-16)13-22/h2-6,10,16-18H,7-9,11-14H2,1H3,(H,23,24)/b6-5+. The third kappa shape index (κ3) is 4.18. The van der Waals surface area contributed by atoms with Crippen LogP contribution in [0.25, 0.3) is 6.08 Å². The zero-order chi connectivity index (χ0) is 18.9. The van der Waals surface area contributed by atoms with Gasteiger partial charge in [0.2, 0.25) is 0 Å². The van der Waals surface area contributed by atoms with Gasteiger partial charge in [-0.2, -0.15) is 0 Å². The van der Waals surface area contributed by atoms with E-state index in [9.17, 15) is 9.59 Å². The Labute approximate surface area is 160 Å². The molecular weight excluding hydrogens is 342 g/mol. The molecule has 0 aliphatic heterocycles. The Balaban J connectivity index is 1.26. The summed E-state index contributed by atoms with van der Waals surface area (Å²) in [7, 11) is 1.60. The van der Waals surface area contributed by atoms with E-state index in [2.05, 4.69) is 5.32 Å². The van der Waals surface area contributed by atoms with E-state index >= 15 is 0 Å². The van der Waals surface area contributed by atoms with E-state index in [4.69, 9.17) is 9.47 Å². The number of carbonyl (C=O) groups is 2. The Hall–Kier alpha value is -2.30. The minimum atomic E-state index is -0.515. The van der Waals surface area contributed by atoms with Crippen LogP contribution in [0.3, 0.4) is 0 Å². The summed E-state index contributed by atoms with van der Waals surface area (Å²) in [4.78, 5) is 24.3. The number of hydrogen-bond acceptors (Lipinski definition) is 4. The lowest BCUT2D eigenvalue weighted by molar-refractivity contribution is -0.145. The number of esters is 1. The van der Waals surface area contributed by atoms with Gasteiger partial charge in [0.15, 0.2) is 6.61 Å². The molecule has 0 saturated heterocycles. The van der Waals surface area contributed by atoms with Gasteiger partial charge in [-0.1, -0.05) is 12.1 Å². The normalized spacial score (nSPS) is 31.1. The number of amides is 1. The largest absolute Gasteiger partial charge is 0.497 e. The van der Waals surface area contributed by atoms with E-state index in [1.54, 1.807) is 13.2 Å². The smallest absolute Gasteiger partial charge is 0.331 e. The molecule has 0 atom stereocenters. The highest BCUT2D eigenvalue weighted by Gasteiger charge is 2.51. The maximum Gasteiger partial charge on any atom is 0.331 e. The minimum absolute atomic E-state index is 0.0470. The van der Waals surface area contributed by atoms with Crippen LogP contribution < -0.4 is 10.1 Å². The molecule has 1 amide bonds. The van der Waals surface area contributed by atoms with Gasteiger partial charge in [-0.05, 0) is 80.1 Å². The number of ether oxygens (including phenoxy) is 2. The molecule has 0 unspecified atom stereocenters. The van der Waals surface area contributed by atoms with Gasteiger partial charge in [-0.15, -0.1) is 0 Å². The first-order valence-corrected chi connectivity index (χ1v) is 9.83. The summed E-state index contributed by atoms with van der Waals surface area (Å²) in [6, 6.07) is 7.38. The minimum Gasteiger partial charge on any atom is -0.497 e. The Morgan fingerprint density at radius 1 is 1.15 bits per heavy atom. The van der Waals surface area contributed by atoms with Crippen LogP contribution in [0.1, 0.15) is 44.1 Å². The number of carbonyl (C=O) groups excluding carboxylic acids is 2. The van der Waals surface area contributed by atoms with Crippen molar-refractivity contribution in [1.82, 2.24) is 5.32 Å². The molecule has 1 N–H and O–H groups in total. The van der Waals surface area contributed by atoms with Crippen LogP contribution in [-0.4, -0.2) is 31.1 Å². The van der Waals surface area contributed by atoms with Crippen molar-refractivity contribution in [1.29, 1.82) is 0 Å². The quantitative estimate of drug-likeness (QED) is 0.617. The van der Waals surface area contributed by atoms with Crippen molar-refractivity contribution in [2.24, 2.45) is 17.8 Å². The third-order valence-electron chi connectivity index (χ3n) is 6.29. The second kappa shape index (κ2) is 7.37. The van der Waals surface area contributed by atoms with Gasteiger partial charge in [0.25, 0.3) is 5.91 Å². The molecule has 4 aliphatic carbocycles. The fraction of sp³-hybridized carbons (Fsp3) is 0.545. The molecule has 4 aliphatic rings. The Morgan fingerprint density at radius 3 is 2.44 bits per heavy atom. The van der Waals surface area contributed by atoms with Crippen LogP contribution in [0.2, 0.25) is 0 Å². The van der Waals surface area contributed by atoms with E-state index in [0.29, 0.717) is 0 Å². The third-order valence-corrected chi connectivity index (χ3v) is 6.29. The SMILES string of the molecule is COc1cccc(/C=C/C(=O)OCC(=O)NC23CC4CC(CC(C4)C2)C3)c1. The van der Waals surface area contributed by atoms with Crippen LogP contribution >= 0.6 is 0 Å². The molecule has 5 nitrogen and oxygen atoms in total. The second-order valence-electron chi connectivity index (χ2n) is 8.46. The summed E-state index contributed by atoms with van der Waals surface area (Å²) < 4.78 is 10.3. The predicted octanol–water partition coefficient (Wildman–Crippen LogP) is 3.34. The van der Waals surface area contributed by atoms with Gasteiger partial charge in [-0.25, -0.2) is 4.79 Å². The zero-order valence-corrected chi connectivity index (χ0v) is 15.8. The fourth-order valence-corrected chi connectivity index (χ4v) is 5.69. The molecule has 27 heavy (non-hydrogen) atoms. The fourth-order valence-electron chi connectivity index (χ4n) is 5.69. The number of rotatable bonds is 6. The van der Waals surface area contributed by atoms with Crippen molar-refractivity contribution in [3.63, 3.8) is 0 Å². The van der Waals surface area contributed by atoms with Crippen molar-refractivity contribution < 1.29 is 19.1 Å². The van der Waals surface area contributed by atoms with Crippen LogP contribution in [0.5, 0.6) is 5.75 Å². The maximum atomic E-state index is 12.4. The van der Waals surface area contributed by atoms with E-state index in [0.717, 1.165) is 48.3 Å². The first-order valence-electron chi connectivity index (χ1n) is 9.83. The lowest BCUT2D eigenvalue weighted by atomic mass is 9.53. The number of benzene rings is 1. The maximum absolute atomic E-state index is 12.4. The molecule has 0 aromatic heterocycles. The molecule has 1 aromatic carbocycles. The first-order chi connectivity index (χ1) is 13.0. The van der Waals surface area contributed by atoms with Crippen LogP contribution in [-0.2, 0) is 14.3 Å². The molecule has 0 heterocycles. The summed E-state index contributed by atoms with van der Waals surface area (Å²) >= 11 is 0. The van der Waals surface area contributed by atoms with E-state index in [-0.39, 0.29) is 18.1 Å². The average Bonchev–Trinajstić information content (AvgIpc) is 2.63. The first kappa shape index (κ1) is 18.1. The summed E-state index contributed by atoms with van der Waals surface area (Å²) in [5.41, 5.74) is 0.790. The monoisotopic (exact) mass is 369 g/mol. The summed E-state index contributed by atoms with van der Waals surface area (Å²) in [5.74, 6) is 2.33. The number of hydrogen-bond donors (Lipinski definition) is 1. The molecule has 4 fully saturated rings. The van der Waals surface area contributed by atoms with Crippen LogP contribution in [0, 0.1) is 17.8 Å². The second-order valence-corrected chi connectivity index (χ2v) is 8.46. The summed E-state index contributed by atoms with van der Waals surface area (Å²) in [6.45, 7) is -0.219. The molecule has 0 spiro atoms. The van der Waals surface area contributed by atoms with Gasteiger partial charge >= 0.3 is 5.97 Å². The van der Waals surface area contributed by atoms with Gasteiger partial charge in [0.05, 0.1) is 7.11 Å². The summed E-state index contributed by atoms with van der Waals surface area (Å²) in [6.07, 6.45) is 10.3. The van der Waals surface area contributed by atoms with Crippen molar-refractivity contribution >= 4 is 18.0 Å². The lowest BCUT2D eigenvalue weighted by Gasteiger charge is -2.56. The topological polar surface area (TPSA) is 64.6 Å². The van der Waals surface area contributed by atoms with Gasteiger partial charge in [-0.3, -0.25) is 4.79 Å². The van der Waals surface area contributed by atoms with Gasteiger partial charge < -0.3 is 14.8 Å². The highest BCUT2D eigenvalue weighted by atomic mass is 16.5. The van der Waals surface area contributed by atoms with Crippen molar-refractivity contribution in [2.45, 2.75) is 44.1 Å². The molecule has 144 valence electrons. The molecule has 1 aromatic rings. The van der Waals surface area contributed by atoms with E-state index in [1.165, 1.54) is 25.3 Å². The molecular formula is C22H27NO4. The molecule has 4 bridgehead atoms.